The molecule has 0 bridgehead atoms. The number of quaternary nitrogens is 1. The van der Waals surface area contributed by atoms with Crippen LogP contribution in [0, 0.1) is 0 Å². The van der Waals surface area contributed by atoms with E-state index in [0.717, 1.165) is 13.1 Å². The number of aliphatic carboxylic acids is 1. The van der Waals surface area contributed by atoms with Crippen molar-refractivity contribution in [2.24, 2.45) is 0 Å². The fourth-order valence-electron chi connectivity index (χ4n) is 1.61. The molecule has 0 aromatic rings. The second kappa shape index (κ2) is 4.34. The predicted molar refractivity (Wildman–Crippen MR) is 39.0 cm³/mol. The van der Waals surface area contributed by atoms with Gasteiger partial charge in [0.1, 0.15) is 6.54 Å². The maximum Gasteiger partial charge on any atom is 0.117 e. The first-order valence-corrected chi connectivity index (χ1v) is 4.32. The number of likely N-dealkylation sites (tertiary alicyclic amines) is 1. The fourth-order valence-corrected chi connectivity index (χ4v) is 1.61. The predicted octanol–water partition coefficient (Wildman–Crippen LogP) is -1.80. The molecular weight excluding hydrogens is 142 g/mol. The Hall–Kier alpha value is -0.570. The van der Waals surface area contributed by atoms with Crippen LogP contribution < -0.4 is 10.0 Å². The van der Waals surface area contributed by atoms with Crippen molar-refractivity contribution in [2.45, 2.75) is 25.7 Å². The van der Waals surface area contributed by atoms with Gasteiger partial charge >= 0.3 is 0 Å². The zero-order valence-corrected chi connectivity index (χ0v) is 6.77. The summed E-state index contributed by atoms with van der Waals surface area (Å²) in [4.78, 5) is 11.4. The molecule has 3 nitrogen and oxygen atoms in total. The van der Waals surface area contributed by atoms with E-state index in [1.807, 2.05) is 0 Å². The number of carboxylic acids is 1. The third-order valence-corrected chi connectivity index (χ3v) is 2.20. The first-order valence-electron chi connectivity index (χ1n) is 4.32. The zero-order chi connectivity index (χ0) is 8.10. The lowest BCUT2D eigenvalue weighted by atomic mass is 10.2. The minimum absolute atomic E-state index is 0.194. The van der Waals surface area contributed by atoms with Gasteiger partial charge in [-0.3, -0.25) is 0 Å². The minimum Gasteiger partial charge on any atom is -0.544 e. The van der Waals surface area contributed by atoms with Crippen molar-refractivity contribution in [2.75, 3.05) is 19.6 Å². The van der Waals surface area contributed by atoms with Crippen LogP contribution in [0.5, 0.6) is 0 Å². The van der Waals surface area contributed by atoms with Crippen LogP contribution in [0.1, 0.15) is 25.7 Å². The molecule has 1 aliphatic rings. The van der Waals surface area contributed by atoms with Crippen molar-refractivity contribution in [1.82, 2.24) is 0 Å². The summed E-state index contributed by atoms with van der Waals surface area (Å²) < 4.78 is 0. The van der Waals surface area contributed by atoms with Crippen LogP contribution in [0.15, 0.2) is 0 Å². The number of carbonyl (C=O) groups is 1. The Morgan fingerprint density at radius 1 is 1.18 bits per heavy atom. The van der Waals surface area contributed by atoms with Crippen LogP contribution >= 0.6 is 0 Å². The Bertz CT molecular complexity index is 128. The third kappa shape index (κ3) is 3.37. The van der Waals surface area contributed by atoms with Gasteiger partial charge in [0.05, 0.1) is 19.1 Å². The highest BCUT2D eigenvalue weighted by molar-refractivity contribution is 5.65. The van der Waals surface area contributed by atoms with Crippen LogP contribution in [-0.4, -0.2) is 25.6 Å². The summed E-state index contributed by atoms with van der Waals surface area (Å²) >= 11 is 0. The minimum atomic E-state index is -0.915. The van der Waals surface area contributed by atoms with Crippen molar-refractivity contribution in [3.8, 4) is 0 Å². The SMILES string of the molecule is O=C([O-])C[NH+]1CCCCCC1. The van der Waals surface area contributed by atoms with Crippen molar-refractivity contribution >= 4 is 5.97 Å². The van der Waals surface area contributed by atoms with E-state index in [1.54, 1.807) is 0 Å². The van der Waals surface area contributed by atoms with Gasteiger partial charge in [-0.2, -0.15) is 0 Å². The van der Waals surface area contributed by atoms with Gasteiger partial charge < -0.3 is 14.8 Å². The van der Waals surface area contributed by atoms with Gasteiger partial charge in [0.15, 0.2) is 0 Å². The van der Waals surface area contributed by atoms with E-state index in [1.165, 1.54) is 30.6 Å². The molecule has 1 rings (SSSR count). The summed E-state index contributed by atoms with van der Waals surface area (Å²) in [5.74, 6) is -0.915. The Labute approximate surface area is 67.0 Å². The molecule has 3 heteroatoms. The summed E-state index contributed by atoms with van der Waals surface area (Å²) in [6.07, 6.45) is 4.86. The highest BCUT2D eigenvalue weighted by atomic mass is 16.4. The molecule has 1 N–H and O–H groups in total. The molecule has 1 heterocycles. The third-order valence-electron chi connectivity index (χ3n) is 2.20. The highest BCUT2D eigenvalue weighted by Gasteiger charge is 2.11. The van der Waals surface area contributed by atoms with Crippen molar-refractivity contribution in [3.63, 3.8) is 0 Å². The van der Waals surface area contributed by atoms with Crippen LogP contribution in [0.3, 0.4) is 0 Å². The Morgan fingerprint density at radius 2 is 1.73 bits per heavy atom. The molecule has 64 valence electrons. The number of carboxylic acid groups (broad SMARTS) is 1. The lowest BCUT2D eigenvalue weighted by Gasteiger charge is -2.16. The first kappa shape index (κ1) is 8.53. The van der Waals surface area contributed by atoms with Crippen molar-refractivity contribution < 1.29 is 14.8 Å². The molecule has 0 aliphatic carbocycles. The van der Waals surface area contributed by atoms with E-state index in [4.69, 9.17) is 0 Å². The van der Waals surface area contributed by atoms with E-state index in [0.29, 0.717) is 0 Å². The second-order valence-corrected chi connectivity index (χ2v) is 3.21. The Morgan fingerprint density at radius 3 is 2.18 bits per heavy atom. The van der Waals surface area contributed by atoms with Crippen molar-refractivity contribution in [1.29, 1.82) is 0 Å². The summed E-state index contributed by atoms with van der Waals surface area (Å²) in [5, 5.41) is 10.2. The summed E-state index contributed by atoms with van der Waals surface area (Å²) in [6.45, 7) is 2.21. The maximum absolute atomic E-state index is 10.2. The number of rotatable bonds is 2. The molecule has 0 saturated carbocycles. The monoisotopic (exact) mass is 157 g/mol. The fraction of sp³-hybridized carbons (Fsp3) is 0.875. The lowest BCUT2D eigenvalue weighted by Crippen LogP contribution is -3.13. The van der Waals surface area contributed by atoms with Crippen LogP contribution in [0.2, 0.25) is 0 Å². The molecule has 0 radical (unpaired) electrons. The van der Waals surface area contributed by atoms with Crippen LogP contribution in [-0.2, 0) is 4.79 Å². The number of hydrogen-bond acceptors (Lipinski definition) is 2. The largest absolute Gasteiger partial charge is 0.544 e. The molecule has 0 unspecified atom stereocenters. The second-order valence-electron chi connectivity index (χ2n) is 3.21. The number of hydrogen-bond donors (Lipinski definition) is 1. The van der Waals surface area contributed by atoms with Crippen LogP contribution in [0.25, 0.3) is 0 Å². The van der Waals surface area contributed by atoms with Crippen LogP contribution in [0.4, 0.5) is 0 Å². The van der Waals surface area contributed by atoms with E-state index in [2.05, 4.69) is 0 Å². The summed E-state index contributed by atoms with van der Waals surface area (Å²) in [7, 11) is 0. The summed E-state index contributed by atoms with van der Waals surface area (Å²) in [6, 6.07) is 0. The molecule has 0 aromatic carbocycles. The van der Waals surface area contributed by atoms with Gasteiger partial charge in [0.2, 0.25) is 0 Å². The standard InChI is InChI=1S/C8H15NO2/c10-8(11)7-9-5-3-1-2-4-6-9/h1-7H2,(H,10,11). The van der Waals surface area contributed by atoms with Gasteiger partial charge in [-0.25, -0.2) is 0 Å². The topological polar surface area (TPSA) is 44.6 Å². The number of carbonyl (C=O) groups excluding carboxylic acids is 1. The number of nitrogens with one attached hydrogen (secondary N) is 1. The lowest BCUT2D eigenvalue weighted by molar-refractivity contribution is -0.893. The maximum atomic E-state index is 10.2. The molecule has 1 fully saturated rings. The van der Waals surface area contributed by atoms with Gasteiger partial charge in [-0.1, -0.05) is 0 Å². The van der Waals surface area contributed by atoms with Gasteiger partial charge in [0.25, 0.3) is 0 Å². The average Bonchev–Trinajstić information content (AvgIpc) is 2.14. The van der Waals surface area contributed by atoms with Crippen molar-refractivity contribution in [3.05, 3.63) is 0 Å². The smallest absolute Gasteiger partial charge is 0.117 e. The molecule has 0 amide bonds. The average molecular weight is 157 g/mol. The molecule has 1 saturated heterocycles. The Kier molecular flexibility index (Phi) is 3.36. The first-order chi connectivity index (χ1) is 5.29. The highest BCUT2D eigenvalue weighted by Crippen LogP contribution is 1.98. The van der Waals surface area contributed by atoms with E-state index in [-0.39, 0.29) is 6.54 Å². The summed E-state index contributed by atoms with van der Waals surface area (Å²) in [5.41, 5.74) is 0. The molecule has 11 heavy (non-hydrogen) atoms. The zero-order valence-electron chi connectivity index (χ0n) is 6.77. The quantitative estimate of drug-likeness (QED) is 0.514. The molecule has 1 aliphatic heterocycles. The molecular formula is C8H15NO2. The van der Waals surface area contributed by atoms with Gasteiger partial charge in [-0.15, -0.1) is 0 Å². The van der Waals surface area contributed by atoms with E-state index >= 15 is 0 Å². The van der Waals surface area contributed by atoms with E-state index < -0.39 is 5.97 Å². The molecule has 0 aromatic heterocycles. The van der Waals surface area contributed by atoms with Gasteiger partial charge in [-0.05, 0) is 25.7 Å². The van der Waals surface area contributed by atoms with Gasteiger partial charge in [0, 0.05) is 0 Å². The Balaban J connectivity index is 2.25. The normalized spacial score (nSPS) is 21.1. The van der Waals surface area contributed by atoms with E-state index in [9.17, 15) is 9.90 Å². The molecule has 0 spiro atoms. The molecule has 0 atom stereocenters.